The van der Waals surface area contributed by atoms with Gasteiger partial charge in [-0.25, -0.2) is 4.79 Å². The van der Waals surface area contributed by atoms with Crippen LogP contribution in [-0.2, 0) is 9.63 Å². The molecule has 1 amide bonds. The number of methoxy groups -OCH3 is 1. The normalized spacial score (nSPS) is 18.1. The molecule has 0 heterocycles. The molecular weight excluding hydrogens is 346 g/mol. The number of carbonyl (C=O) groups excluding carboxylic acids is 3. The van der Waals surface area contributed by atoms with Crippen LogP contribution in [0.5, 0.6) is 5.75 Å². The lowest BCUT2D eigenvalue weighted by Crippen LogP contribution is -2.45. The second-order valence-corrected chi connectivity index (χ2v) is 7.39. The van der Waals surface area contributed by atoms with E-state index in [1.54, 1.807) is 0 Å². The van der Waals surface area contributed by atoms with Crippen molar-refractivity contribution >= 4 is 18.2 Å². The minimum absolute atomic E-state index is 0.0491. The molecule has 0 radical (unpaired) electrons. The van der Waals surface area contributed by atoms with Gasteiger partial charge in [-0.05, 0) is 43.9 Å². The zero-order valence-corrected chi connectivity index (χ0v) is 15.8. The number of aldehydes is 1. The molecule has 0 aromatic heterocycles. The molecule has 6 nitrogen and oxygen atoms in total. The Morgan fingerprint density at radius 1 is 1.04 bits per heavy atom. The average molecular weight is 373 g/mol. The average Bonchev–Trinajstić information content (AvgIpc) is 3.26. The van der Waals surface area contributed by atoms with Crippen molar-refractivity contribution in [1.82, 2.24) is 5.06 Å². The van der Waals surface area contributed by atoms with Gasteiger partial charge in [0.25, 0.3) is 5.91 Å². The number of nitrogens with zero attached hydrogens (tertiary/aromatic N) is 1. The van der Waals surface area contributed by atoms with Gasteiger partial charge in [-0.1, -0.05) is 32.1 Å². The second-order valence-electron chi connectivity index (χ2n) is 7.39. The molecule has 6 heteroatoms. The quantitative estimate of drug-likeness (QED) is 0.577. The highest BCUT2D eigenvalue weighted by Gasteiger charge is 2.35. The van der Waals surface area contributed by atoms with Crippen LogP contribution in [0.4, 0.5) is 0 Å². The van der Waals surface area contributed by atoms with Gasteiger partial charge >= 0.3 is 5.97 Å². The number of hydrogen-bond donors (Lipinski definition) is 0. The molecule has 1 aromatic rings. The Morgan fingerprint density at radius 3 is 2.33 bits per heavy atom. The van der Waals surface area contributed by atoms with Crippen LogP contribution in [0.15, 0.2) is 18.2 Å². The van der Waals surface area contributed by atoms with Crippen LogP contribution in [0.3, 0.4) is 0 Å². The monoisotopic (exact) mass is 373 g/mol. The summed E-state index contributed by atoms with van der Waals surface area (Å²) in [6.45, 7) is 0. The fourth-order valence-electron chi connectivity index (χ4n) is 4.05. The summed E-state index contributed by atoms with van der Waals surface area (Å²) >= 11 is 0. The van der Waals surface area contributed by atoms with E-state index in [1.807, 2.05) is 0 Å². The number of ether oxygens (including phenoxy) is 1. The van der Waals surface area contributed by atoms with Crippen LogP contribution in [0.25, 0.3) is 0 Å². The first-order chi connectivity index (χ1) is 13.1. The number of amides is 1. The molecule has 1 aromatic carbocycles. The molecule has 2 saturated carbocycles. The highest BCUT2D eigenvalue weighted by atomic mass is 16.7. The second kappa shape index (κ2) is 9.02. The van der Waals surface area contributed by atoms with Gasteiger partial charge in [-0.15, -0.1) is 0 Å². The van der Waals surface area contributed by atoms with Crippen molar-refractivity contribution in [2.75, 3.05) is 7.11 Å². The standard InChI is InChI=1S/C21H27NO5/c1-26-19-13-16(11-12-17(19)14-23)21(25)27-22(18-9-3-2-4-10-18)20(24)15-7-5-6-8-15/h11-15,18H,2-10H2,1H3. The largest absolute Gasteiger partial charge is 0.496 e. The zero-order chi connectivity index (χ0) is 19.2. The van der Waals surface area contributed by atoms with Gasteiger partial charge < -0.3 is 9.57 Å². The van der Waals surface area contributed by atoms with Crippen LogP contribution in [-0.4, -0.2) is 36.4 Å². The molecule has 27 heavy (non-hydrogen) atoms. The number of benzene rings is 1. The lowest BCUT2D eigenvalue weighted by molar-refractivity contribution is -0.184. The molecule has 0 spiro atoms. The molecule has 2 aliphatic carbocycles. The van der Waals surface area contributed by atoms with Crippen molar-refractivity contribution in [3.05, 3.63) is 29.3 Å². The summed E-state index contributed by atoms with van der Waals surface area (Å²) < 4.78 is 5.16. The molecule has 0 unspecified atom stereocenters. The predicted octanol–water partition coefficient (Wildman–Crippen LogP) is 3.93. The molecule has 0 aliphatic heterocycles. The molecule has 2 fully saturated rings. The molecule has 3 rings (SSSR count). The van der Waals surface area contributed by atoms with Crippen LogP contribution >= 0.6 is 0 Å². The van der Waals surface area contributed by atoms with Crippen molar-refractivity contribution in [1.29, 1.82) is 0 Å². The van der Waals surface area contributed by atoms with Crippen LogP contribution < -0.4 is 4.74 Å². The smallest absolute Gasteiger partial charge is 0.363 e. The third kappa shape index (κ3) is 4.49. The maximum Gasteiger partial charge on any atom is 0.363 e. The van der Waals surface area contributed by atoms with E-state index in [-0.39, 0.29) is 23.4 Å². The summed E-state index contributed by atoms with van der Waals surface area (Å²) in [6.07, 6.45) is 9.45. The summed E-state index contributed by atoms with van der Waals surface area (Å²) in [6, 6.07) is 4.47. The lowest BCUT2D eigenvalue weighted by atomic mass is 9.94. The number of rotatable bonds is 5. The predicted molar refractivity (Wildman–Crippen MR) is 99.5 cm³/mol. The van der Waals surface area contributed by atoms with Crippen LogP contribution in [0, 0.1) is 5.92 Å². The summed E-state index contributed by atoms with van der Waals surface area (Å²) in [5.41, 5.74) is 0.623. The van der Waals surface area contributed by atoms with E-state index in [4.69, 9.17) is 9.57 Å². The first-order valence-corrected chi connectivity index (χ1v) is 9.82. The fraction of sp³-hybridized carbons (Fsp3) is 0.571. The molecule has 2 aliphatic rings. The van der Waals surface area contributed by atoms with Gasteiger partial charge in [0.05, 0.1) is 24.3 Å². The molecule has 0 N–H and O–H groups in total. The van der Waals surface area contributed by atoms with E-state index in [2.05, 4.69) is 0 Å². The fourth-order valence-corrected chi connectivity index (χ4v) is 4.05. The van der Waals surface area contributed by atoms with E-state index in [0.29, 0.717) is 17.6 Å². The van der Waals surface area contributed by atoms with Crippen molar-refractivity contribution < 1.29 is 24.0 Å². The summed E-state index contributed by atoms with van der Waals surface area (Å²) in [7, 11) is 1.44. The Kier molecular flexibility index (Phi) is 6.48. The minimum Gasteiger partial charge on any atom is -0.496 e. The Balaban J connectivity index is 1.79. The summed E-state index contributed by atoms with van der Waals surface area (Å²) in [5.74, 6) is -0.399. The van der Waals surface area contributed by atoms with Crippen molar-refractivity contribution in [3.63, 3.8) is 0 Å². The molecule has 146 valence electrons. The van der Waals surface area contributed by atoms with Crippen molar-refractivity contribution in [2.24, 2.45) is 5.92 Å². The highest BCUT2D eigenvalue weighted by Crippen LogP contribution is 2.31. The highest BCUT2D eigenvalue weighted by molar-refractivity contribution is 5.93. The third-order valence-corrected chi connectivity index (χ3v) is 5.61. The summed E-state index contributed by atoms with van der Waals surface area (Å²) in [5, 5.41) is 1.36. The van der Waals surface area contributed by atoms with E-state index < -0.39 is 5.97 Å². The molecule has 0 saturated heterocycles. The Labute approximate surface area is 159 Å². The van der Waals surface area contributed by atoms with E-state index in [1.165, 1.54) is 30.4 Å². The first kappa shape index (κ1) is 19.4. The number of carbonyl (C=O) groups is 3. The Hall–Kier alpha value is -2.37. The maximum absolute atomic E-state index is 13.0. The first-order valence-electron chi connectivity index (χ1n) is 9.82. The minimum atomic E-state index is -0.595. The lowest BCUT2D eigenvalue weighted by Gasteiger charge is -2.33. The van der Waals surface area contributed by atoms with Gasteiger partial charge in [0.15, 0.2) is 6.29 Å². The molecule has 0 atom stereocenters. The van der Waals surface area contributed by atoms with E-state index in [9.17, 15) is 14.4 Å². The number of hydroxylamine groups is 2. The van der Waals surface area contributed by atoms with Gasteiger partial charge in [-0.2, -0.15) is 5.06 Å². The Morgan fingerprint density at radius 2 is 1.70 bits per heavy atom. The number of hydrogen-bond acceptors (Lipinski definition) is 5. The SMILES string of the molecule is COc1cc(C(=O)ON(C(=O)C2CCCC2)C2CCCCC2)ccc1C=O. The van der Waals surface area contributed by atoms with Crippen LogP contribution in [0.2, 0.25) is 0 Å². The Bertz CT molecular complexity index is 690. The topological polar surface area (TPSA) is 72.9 Å². The van der Waals surface area contributed by atoms with Crippen molar-refractivity contribution in [3.8, 4) is 5.75 Å². The van der Waals surface area contributed by atoms with Crippen LogP contribution in [0.1, 0.15) is 78.5 Å². The zero-order valence-electron chi connectivity index (χ0n) is 15.8. The van der Waals surface area contributed by atoms with Gasteiger partial charge in [0.2, 0.25) is 0 Å². The molecular formula is C21H27NO5. The maximum atomic E-state index is 13.0. The molecule has 0 bridgehead atoms. The third-order valence-electron chi connectivity index (χ3n) is 5.61. The van der Waals surface area contributed by atoms with E-state index >= 15 is 0 Å². The van der Waals surface area contributed by atoms with Gasteiger partial charge in [-0.3, -0.25) is 9.59 Å². The van der Waals surface area contributed by atoms with Gasteiger partial charge in [0, 0.05) is 5.92 Å². The van der Waals surface area contributed by atoms with E-state index in [0.717, 1.165) is 57.8 Å². The summed E-state index contributed by atoms with van der Waals surface area (Å²) in [4.78, 5) is 42.4. The van der Waals surface area contributed by atoms with Gasteiger partial charge in [0.1, 0.15) is 5.75 Å². The van der Waals surface area contributed by atoms with Crippen molar-refractivity contribution in [2.45, 2.75) is 63.8 Å².